The number of hydrogen-bond donors (Lipinski definition) is 0. The van der Waals surface area contributed by atoms with Crippen molar-refractivity contribution in [3.8, 4) is 28.0 Å². The van der Waals surface area contributed by atoms with Crippen LogP contribution in [0.4, 0.5) is 26.3 Å². The smallest absolute Gasteiger partial charge is 0.387 e. The fourth-order valence-corrected chi connectivity index (χ4v) is 4.80. The second-order valence-electron chi connectivity index (χ2n) is 9.38. The normalized spacial score (nSPS) is 17.3. The van der Waals surface area contributed by atoms with Gasteiger partial charge in [0, 0.05) is 5.56 Å². The molecular formula is C30H32F6O. The Bertz CT molecular complexity index is 1090. The van der Waals surface area contributed by atoms with Gasteiger partial charge in [-0.2, -0.15) is 8.78 Å². The maximum atomic E-state index is 14.4. The van der Waals surface area contributed by atoms with Crippen LogP contribution in [0.15, 0.2) is 60.7 Å². The predicted octanol–water partition coefficient (Wildman–Crippen LogP) is 9.99. The molecule has 0 heterocycles. The number of rotatable bonds is 8. The van der Waals surface area contributed by atoms with Crippen LogP contribution in [0.1, 0.15) is 51.9 Å². The summed E-state index contributed by atoms with van der Waals surface area (Å²) in [6.45, 7) is -0.997. The number of ether oxygens (including phenoxy) is 1. The van der Waals surface area contributed by atoms with Crippen molar-refractivity contribution < 1.29 is 31.1 Å². The molecule has 0 radical (unpaired) electrons. The van der Waals surface area contributed by atoms with E-state index < -0.39 is 29.8 Å². The SMILES string of the molecule is CCCC1CCC(CCF)CC1.Fc1ccc(-c2ccc(-c3ccc(OC(F)F)c(F)c3)c(F)c2)cc1. The van der Waals surface area contributed by atoms with E-state index in [2.05, 4.69) is 11.7 Å². The summed E-state index contributed by atoms with van der Waals surface area (Å²) >= 11 is 0. The molecule has 1 aliphatic rings. The lowest BCUT2D eigenvalue weighted by atomic mass is 9.79. The van der Waals surface area contributed by atoms with E-state index in [9.17, 15) is 26.3 Å². The van der Waals surface area contributed by atoms with Gasteiger partial charge in [-0.05, 0) is 65.3 Å². The number of benzene rings is 3. The molecule has 37 heavy (non-hydrogen) atoms. The summed E-state index contributed by atoms with van der Waals surface area (Å²) in [6.07, 6.45) is 8.82. The Morgan fingerprint density at radius 1 is 0.730 bits per heavy atom. The van der Waals surface area contributed by atoms with Gasteiger partial charge in [-0.15, -0.1) is 0 Å². The van der Waals surface area contributed by atoms with Crippen LogP contribution in [0.25, 0.3) is 22.3 Å². The second-order valence-corrected chi connectivity index (χ2v) is 9.38. The minimum absolute atomic E-state index is 0.105. The van der Waals surface area contributed by atoms with Crippen molar-refractivity contribution in [3.63, 3.8) is 0 Å². The molecule has 0 bridgehead atoms. The number of alkyl halides is 3. The van der Waals surface area contributed by atoms with Gasteiger partial charge in [0.1, 0.15) is 11.6 Å². The summed E-state index contributed by atoms with van der Waals surface area (Å²) in [5, 5.41) is 0. The Labute approximate surface area is 214 Å². The van der Waals surface area contributed by atoms with Gasteiger partial charge in [0.2, 0.25) is 0 Å². The van der Waals surface area contributed by atoms with Crippen molar-refractivity contribution in [2.24, 2.45) is 11.8 Å². The molecule has 3 aromatic rings. The molecule has 1 fully saturated rings. The van der Waals surface area contributed by atoms with Crippen LogP contribution in [-0.4, -0.2) is 13.3 Å². The van der Waals surface area contributed by atoms with Gasteiger partial charge >= 0.3 is 6.61 Å². The quantitative estimate of drug-likeness (QED) is 0.268. The van der Waals surface area contributed by atoms with Gasteiger partial charge in [0.05, 0.1) is 6.67 Å². The van der Waals surface area contributed by atoms with E-state index in [4.69, 9.17) is 0 Å². The van der Waals surface area contributed by atoms with E-state index in [1.807, 2.05) is 0 Å². The summed E-state index contributed by atoms with van der Waals surface area (Å²) in [4.78, 5) is 0. The highest BCUT2D eigenvalue weighted by atomic mass is 19.3. The topological polar surface area (TPSA) is 9.23 Å². The molecular weight excluding hydrogens is 490 g/mol. The summed E-state index contributed by atoms with van der Waals surface area (Å²) in [5.41, 5.74) is 1.44. The molecule has 0 unspecified atom stereocenters. The van der Waals surface area contributed by atoms with Crippen LogP contribution in [-0.2, 0) is 0 Å². The highest BCUT2D eigenvalue weighted by Crippen LogP contribution is 2.33. The fraction of sp³-hybridized carbons (Fsp3) is 0.400. The third-order valence-electron chi connectivity index (χ3n) is 6.79. The molecule has 0 atom stereocenters. The van der Waals surface area contributed by atoms with Gasteiger partial charge in [0.25, 0.3) is 0 Å². The molecule has 7 heteroatoms. The first-order chi connectivity index (χ1) is 17.8. The van der Waals surface area contributed by atoms with Crippen molar-refractivity contribution in [1.82, 2.24) is 0 Å². The Hall–Kier alpha value is -2.96. The predicted molar refractivity (Wildman–Crippen MR) is 135 cm³/mol. The second kappa shape index (κ2) is 14.1. The first-order valence-corrected chi connectivity index (χ1v) is 12.7. The van der Waals surface area contributed by atoms with E-state index in [0.29, 0.717) is 17.0 Å². The highest BCUT2D eigenvalue weighted by Gasteiger charge is 2.20. The average Bonchev–Trinajstić information content (AvgIpc) is 2.87. The Morgan fingerprint density at radius 3 is 1.84 bits per heavy atom. The van der Waals surface area contributed by atoms with E-state index in [1.54, 1.807) is 6.07 Å². The summed E-state index contributed by atoms with van der Waals surface area (Å²) in [7, 11) is 0. The lowest BCUT2D eigenvalue weighted by molar-refractivity contribution is -0.0521. The van der Waals surface area contributed by atoms with Crippen molar-refractivity contribution in [2.45, 2.75) is 58.5 Å². The third-order valence-corrected chi connectivity index (χ3v) is 6.79. The van der Waals surface area contributed by atoms with Crippen LogP contribution < -0.4 is 4.74 Å². The van der Waals surface area contributed by atoms with Gasteiger partial charge in [0.15, 0.2) is 11.6 Å². The summed E-state index contributed by atoms with van der Waals surface area (Å²) in [5.74, 6) is -0.970. The van der Waals surface area contributed by atoms with Crippen molar-refractivity contribution in [3.05, 3.63) is 78.1 Å². The van der Waals surface area contributed by atoms with Crippen molar-refractivity contribution >= 4 is 0 Å². The maximum Gasteiger partial charge on any atom is 0.387 e. The van der Waals surface area contributed by atoms with E-state index >= 15 is 0 Å². The third kappa shape index (κ3) is 8.54. The molecule has 3 aromatic carbocycles. The first kappa shape index (κ1) is 28.6. The maximum absolute atomic E-state index is 14.4. The first-order valence-electron chi connectivity index (χ1n) is 12.7. The average molecular weight is 523 g/mol. The Morgan fingerprint density at radius 2 is 1.30 bits per heavy atom. The van der Waals surface area contributed by atoms with Crippen LogP contribution in [0.3, 0.4) is 0 Å². The molecule has 0 amide bonds. The zero-order valence-electron chi connectivity index (χ0n) is 20.8. The van der Waals surface area contributed by atoms with Crippen LogP contribution in [0.2, 0.25) is 0 Å². The Kier molecular flexibility index (Phi) is 10.9. The molecule has 4 rings (SSSR count). The van der Waals surface area contributed by atoms with Gasteiger partial charge in [-0.25, -0.2) is 13.2 Å². The lowest BCUT2D eigenvalue weighted by Crippen LogP contribution is -2.14. The van der Waals surface area contributed by atoms with E-state index in [0.717, 1.165) is 24.5 Å². The van der Waals surface area contributed by atoms with Gasteiger partial charge in [-0.3, -0.25) is 4.39 Å². The molecule has 1 nitrogen and oxygen atoms in total. The molecule has 1 aliphatic carbocycles. The summed E-state index contributed by atoms with van der Waals surface area (Å²) < 4.78 is 81.5. The molecule has 0 spiro atoms. The lowest BCUT2D eigenvalue weighted by Gasteiger charge is -2.27. The zero-order chi connectivity index (χ0) is 26.8. The molecule has 1 saturated carbocycles. The molecule has 0 aliphatic heterocycles. The van der Waals surface area contributed by atoms with Crippen LogP contribution >= 0.6 is 0 Å². The number of halogens is 6. The van der Waals surface area contributed by atoms with Gasteiger partial charge < -0.3 is 4.74 Å². The molecule has 0 saturated heterocycles. The minimum Gasteiger partial charge on any atom is -0.432 e. The zero-order valence-corrected chi connectivity index (χ0v) is 20.8. The standard InChI is InChI=1S/C19H11F5O.C11H21F/c20-14-5-1-11(2-6-14)12-3-7-15(16(21)9-12)13-4-8-18(17(22)10-13)25-19(23)24;1-2-3-10-4-6-11(7-5-10)8-9-12/h1-10,19H;10-11H,2-9H2,1H3. The van der Waals surface area contributed by atoms with Crippen molar-refractivity contribution in [1.29, 1.82) is 0 Å². The van der Waals surface area contributed by atoms with Crippen LogP contribution in [0, 0.1) is 29.3 Å². The fourth-order valence-electron chi connectivity index (χ4n) is 4.80. The highest BCUT2D eigenvalue weighted by molar-refractivity contribution is 5.71. The molecule has 200 valence electrons. The van der Waals surface area contributed by atoms with E-state index in [1.165, 1.54) is 81.0 Å². The monoisotopic (exact) mass is 522 g/mol. The van der Waals surface area contributed by atoms with E-state index in [-0.39, 0.29) is 17.8 Å². The largest absolute Gasteiger partial charge is 0.432 e. The minimum atomic E-state index is -3.15. The molecule has 0 aromatic heterocycles. The van der Waals surface area contributed by atoms with Crippen LogP contribution in [0.5, 0.6) is 5.75 Å². The Balaban J connectivity index is 0.000000266. The van der Waals surface area contributed by atoms with Crippen molar-refractivity contribution in [2.75, 3.05) is 6.67 Å². The number of hydrogen-bond acceptors (Lipinski definition) is 1. The van der Waals surface area contributed by atoms with Gasteiger partial charge in [-0.1, -0.05) is 75.8 Å². The molecule has 0 N–H and O–H groups in total. The summed E-state index contributed by atoms with van der Waals surface area (Å²) in [6, 6.07) is 13.1.